The van der Waals surface area contributed by atoms with E-state index in [1.54, 1.807) is 0 Å². The van der Waals surface area contributed by atoms with E-state index in [1.165, 1.54) is 11.3 Å². The van der Waals surface area contributed by atoms with Gasteiger partial charge in [-0.05, 0) is 42.7 Å². The van der Waals surface area contributed by atoms with Crippen molar-refractivity contribution >= 4 is 22.4 Å². The highest BCUT2D eigenvalue weighted by Crippen LogP contribution is 2.28. The zero-order valence-corrected chi connectivity index (χ0v) is 16.5. The molecule has 2 aromatic carbocycles. The Balaban J connectivity index is 1.67. The number of aromatic nitrogens is 1. The van der Waals surface area contributed by atoms with Crippen molar-refractivity contribution in [2.75, 3.05) is 11.9 Å². The lowest BCUT2D eigenvalue weighted by molar-refractivity contribution is -0.117. The molecule has 0 saturated carbocycles. The first-order chi connectivity index (χ1) is 13.2. The Morgan fingerprint density at radius 1 is 1.11 bits per heavy atom. The van der Waals surface area contributed by atoms with Crippen molar-refractivity contribution in [3.63, 3.8) is 0 Å². The largest absolute Gasteiger partial charge is 0.494 e. The van der Waals surface area contributed by atoms with E-state index in [0.29, 0.717) is 11.7 Å². The summed E-state index contributed by atoms with van der Waals surface area (Å²) in [6.07, 6.45) is 1.73. The number of thiazole rings is 1. The van der Waals surface area contributed by atoms with Crippen LogP contribution in [0.3, 0.4) is 0 Å². The Labute approximate surface area is 164 Å². The topological polar surface area (TPSA) is 51.2 Å². The number of hydrogen-bond acceptors (Lipinski definition) is 4. The summed E-state index contributed by atoms with van der Waals surface area (Å²) in [6, 6.07) is 17.7. The molecule has 3 rings (SSSR count). The molecule has 0 aliphatic carbocycles. The molecule has 3 aromatic rings. The van der Waals surface area contributed by atoms with Crippen LogP contribution >= 0.6 is 11.3 Å². The molecular weight excluding hydrogens is 356 g/mol. The molecule has 0 fully saturated rings. The van der Waals surface area contributed by atoms with Crippen LogP contribution in [0.15, 0.2) is 60.0 Å². The molecule has 0 saturated heterocycles. The smallest absolute Gasteiger partial charge is 0.233 e. The Kier molecular flexibility index (Phi) is 6.60. The summed E-state index contributed by atoms with van der Waals surface area (Å²) in [5.74, 6) is 0.666. The van der Waals surface area contributed by atoms with Gasteiger partial charge in [-0.2, -0.15) is 0 Å². The lowest BCUT2D eigenvalue weighted by atomic mass is 9.96. The molecule has 1 aromatic heterocycles. The van der Waals surface area contributed by atoms with Crippen molar-refractivity contribution in [2.45, 2.75) is 32.6 Å². The van der Waals surface area contributed by atoms with Gasteiger partial charge in [0.2, 0.25) is 5.91 Å². The minimum atomic E-state index is -0.173. The number of ether oxygens (including phenoxy) is 1. The van der Waals surface area contributed by atoms with Gasteiger partial charge in [0.25, 0.3) is 0 Å². The number of carbonyl (C=O) groups excluding carboxylic acids is 1. The lowest BCUT2D eigenvalue weighted by Gasteiger charge is -2.14. The molecule has 0 aliphatic heterocycles. The first-order valence-corrected chi connectivity index (χ1v) is 10.1. The maximum atomic E-state index is 12.7. The van der Waals surface area contributed by atoms with Crippen LogP contribution in [0.1, 0.15) is 38.2 Å². The van der Waals surface area contributed by atoms with Gasteiger partial charge in [-0.25, -0.2) is 4.98 Å². The van der Waals surface area contributed by atoms with Gasteiger partial charge in [-0.3, -0.25) is 4.79 Å². The van der Waals surface area contributed by atoms with Crippen LogP contribution < -0.4 is 10.1 Å². The summed E-state index contributed by atoms with van der Waals surface area (Å²) in [6.45, 7) is 4.82. The van der Waals surface area contributed by atoms with Crippen molar-refractivity contribution in [2.24, 2.45) is 0 Å². The van der Waals surface area contributed by atoms with E-state index in [-0.39, 0.29) is 11.8 Å². The third-order valence-corrected chi connectivity index (χ3v) is 5.04. The minimum absolute atomic E-state index is 0.0205. The summed E-state index contributed by atoms with van der Waals surface area (Å²) < 4.78 is 5.61. The molecule has 27 heavy (non-hydrogen) atoms. The van der Waals surface area contributed by atoms with Gasteiger partial charge >= 0.3 is 0 Å². The number of hydrogen-bond donors (Lipinski definition) is 1. The third-order valence-electron chi connectivity index (χ3n) is 4.28. The number of nitrogens with one attached hydrogen (secondary N) is 1. The van der Waals surface area contributed by atoms with E-state index in [2.05, 4.69) is 17.2 Å². The Hall–Kier alpha value is -2.66. The van der Waals surface area contributed by atoms with Gasteiger partial charge in [-0.1, -0.05) is 44.2 Å². The van der Waals surface area contributed by atoms with Crippen molar-refractivity contribution in [1.82, 2.24) is 4.98 Å². The molecule has 140 valence electrons. The fourth-order valence-electron chi connectivity index (χ4n) is 2.86. The summed E-state index contributed by atoms with van der Waals surface area (Å²) in [4.78, 5) is 17.2. The fourth-order valence-corrected chi connectivity index (χ4v) is 3.58. The molecule has 0 spiro atoms. The fraction of sp³-hybridized carbons (Fsp3) is 0.273. The van der Waals surface area contributed by atoms with Gasteiger partial charge in [0.15, 0.2) is 5.13 Å². The predicted octanol–water partition coefficient (Wildman–Crippen LogP) is 5.73. The first-order valence-electron chi connectivity index (χ1n) is 9.25. The first kappa shape index (κ1) is 19.1. The molecular formula is C22H24N2O2S. The summed E-state index contributed by atoms with van der Waals surface area (Å²) in [5.41, 5.74) is 2.88. The number of rotatable bonds is 8. The predicted molar refractivity (Wildman–Crippen MR) is 111 cm³/mol. The number of amides is 1. The summed E-state index contributed by atoms with van der Waals surface area (Å²) >= 11 is 1.44. The molecule has 0 aliphatic rings. The highest BCUT2D eigenvalue weighted by atomic mass is 32.1. The average molecular weight is 381 g/mol. The zero-order valence-electron chi connectivity index (χ0n) is 15.6. The van der Waals surface area contributed by atoms with E-state index >= 15 is 0 Å². The van der Waals surface area contributed by atoms with E-state index in [4.69, 9.17) is 4.74 Å². The maximum absolute atomic E-state index is 12.7. The molecule has 1 N–H and O–H groups in total. The molecule has 4 nitrogen and oxygen atoms in total. The van der Waals surface area contributed by atoms with Crippen molar-refractivity contribution < 1.29 is 9.53 Å². The van der Waals surface area contributed by atoms with Crippen LogP contribution in [0.4, 0.5) is 5.13 Å². The Morgan fingerprint density at radius 3 is 2.52 bits per heavy atom. The molecule has 0 bridgehead atoms. The highest BCUT2D eigenvalue weighted by molar-refractivity contribution is 7.14. The second-order valence-electron chi connectivity index (χ2n) is 6.27. The lowest BCUT2D eigenvalue weighted by Crippen LogP contribution is -2.20. The van der Waals surface area contributed by atoms with E-state index in [1.807, 2.05) is 66.9 Å². The summed E-state index contributed by atoms with van der Waals surface area (Å²) in [7, 11) is 0. The molecule has 0 radical (unpaired) electrons. The van der Waals surface area contributed by atoms with Gasteiger partial charge in [0.1, 0.15) is 5.75 Å². The molecule has 1 heterocycles. The zero-order chi connectivity index (χ0) is 19.1. The van der Waals surface area contributed by atoms with Gasteiger partial charge in [0, 0.05) is 10.9 Å². The third kappa shape index (κ3) is 4.95. The standard InChI is InChI=1S/C22H24N2O2S/c1-3-14-26-18-12-10-17(11-13-18)20-15-27-22(23-20)24-21(25)19(4-2)16-8-6-5-7-9-16/h5-13,15,19H,3-4,14H2,1-2H3,(H,23,24,25). The summed E-state index contributed by atoms with van der Waals surface area (Å²) in [5, 5.41) is 5.54. The minimum Gasteiger partial charge on any atom is -0.494 e. The van der Waals surface area contributed by atoms with Crippen LogP contribution in [0.25, 0.3) is 11.3 Å². The maximum Gasteiger partial charge on any atom is 0.233 e. The Bertz CT molecular complexity index is 860. The van der Waals surface area contributed by atoms with Crippen LogP contribution in [0.2, 0.25) is 0 Å². The van der Waals surface area contributed by atoms with Gasteiger partial charge in [0.05, 0.1) is 18.2 Å². The second-order valence-corrected chi connectivity index (χ2v) is 7.13. The number of anilines is 1. The average Bonchev–Trinajstić information content (AvgIpc) is 3.16. The van der Waals surface area contributed by atoms with Crippen molar-refractivity contribution in [1.29, 1.82) is 0 Å². The molecule has 1 unspecified atom stereocenters. The normalized spacial score (nSPS) is 11.8. The monoisotopic (exact) mass is 380 g/mol. The van der Waals surface area contributed by atoms with Crippen LogP contribution in [0, 0.1) is 0 Å². The molecule has 5 heteroatoms. The van der Waals surface area contributed by atoms with E-state index in [9.17, 15) is 4.79 Å². The highest BCUT2D eigenvalue weighted by Gasteiger charge is 2.19. The second kappa shape index (κ2) is 9.33. The van der Waals surface area contributed by atoms with Crippen LogP contribution in [0.5, 0.6) is 5.75 Å². The molecule has 1 atom stereocenters. The van der Waals surface area contributed by atoms with E-state index < -0.39 is 0 Å². The van der Waals surface area contributed by atoms with Crippen LogP contribution in [-0.4, -0.2) is 17.5 Å². The van der Waals surface area contributed by atoms with E-state index in [0.717, 1.165) is 35.4 Å². The number of carbonyl (C=O) groups is 1. The van der Waals surface area contributed by atoms with Crippen LogP contribution in [-0.2, 0) is 4.79 Å². The van der Waals surface area contributed by atoms with Gasteiger partial charge in [-0.15, -0.1) is 11.3 Å². The Morgan fingerprint density at radius 2 is 1.85 bits per heavy atom. The quantitative estimate of drug-likeness (QED) is 0.543. The van der Waals surface area contributed by atoms with Crippen molar-refractivity contribution in [3.05, 3.63) is 65.5 Å². The van der Waals surface area contributed by atoms with Crippen molar-refractivity contribution in [3.8, 4) is 17.0 Å². The SMILES string of the molecule is CCCOc1ccc(-c2csc(NC(=O)C(CC)c3ccccc3)n2)cc1. The number of benzene rings is 2. The number of nitrogens with zero attached hydrogens (tertiary/aromatic N) is 1. The molecule has 1 amide bonds. The van der Waals surface area contributed by atoms with Gasteiger partial charge < -0.3 is 10.1 Å².